The van der Waals surface area contributed by atoms with Crippen molar-refractivity contribution in [2.75, 3.05) is 26.2 Å². The lowest BCUT2D eigenvalue weighted by molar-refractivity contribution is -0.131. The lowest BCUT2D eigenvalue weighted by Crippen LogP contribution is -2.37. The van der Waals surface area contributed by atoms with Gasteiger partial charge in [0.1, 0.15) is 0 Å². The summed E-state index contributed by atoms with van der Waals surface area (Å²) in [5, 5.41) is 0. The highest BCUT2D eigenvalue weighted by molar-refractivity contribution is 7.89. The van der Waals surface area contributed by atoms with Crippen LogP contribution in [0.2, 0.25) is 0 Å². The van der Waals surface area contributed by atoms with Gasteiger partial charge in [-0.3, -0.25) is 4.79 Å². The molecule has 1 heterocycles. The first-order valence-electron chi connectivity index (χ1n) is 9.13. The number of unbranched alkanes of at least 4 members (excludes halogenated alkanes) is 1. The third-order valence-corrected chi connectivity index (χ3v) is 6.96. The van der Waals surface area contributed by atoms with E-state index in [1.54, 1.807) is 4.31 Å². The molecule has 6 heteroatoms. The Hall–Kier alpha value is -1.40. The van der Waals surface area contributed by atoms with Gasteiger partial charge >= 0.3 is 0 Å². The van der Waals surface area contributed by atoms with Gasteiger partial charge in [0.15, 0.2) is 0 Å². The Morgan fingerprint density at radius 1 is 1.04 bits per heavy atom. The molecule has 0 unspecified atom stereocenters. The van der Waals surface area contributed by atoms with Gasteiger partial charge in [-0.2, -0.15) is 4.31 Å². The first kappa shape index (κ1) is 19.9. The second kappa shape index (κ2) is 8.32. The fourth-order valence-electron chi connectivity index (χ4n) is 3.57. The summed E-state index contributed by atoms with van der Waals surface area (Å²) in [5.74, 6) is 0.142. The van der Waals surface area contributed by atoms with Crippen LogP contribution in [0.4, 0.5) is 0 Å². The number of carbonyl (C=O) groups is 1. The van der Waals surface area contributed by atoms with Crippen molar-refractivity contribution in [3.63, 3.8) is 0 Å². The van der Waals surface area contributed by atoms with Gasteiger partial charge in [0.25, 0.3) is 0 Å². The van der Waals surface area contributed by atoms with Crippen LogP contribution in [0.3, 0.4) is 0 Å². The Kier molecular flexibility index (Phi) is 6.63. The normalized spacial score (nSPS) is 16.7. The highest BCUT2D eigenvalue weighted by Gasteiger charge is 2.30. The summed E-state index contributed by atoms with van der Waals surface area (Å²) < 4.78 is 27.9. The van der Waals surface area contributed by atoms with E-state index < -0.39 is 10.0 Å². The van der Waals surface area contributed by atoms with Gasteiger partial charge in [0, 0.05) is 32.6 Å². The molecule has 1 aliphatic rings. The van der Waals surface area contributed by atoms with E-state index in [0.717, 1.165) is 29.5 Å². The van der Waals surface area contributed by atoms with Crippen LogP contribution < -0.4 is 0 Å². The molecule has 0 spiro atoms. The van der Waals surface area contributed by atoms with Crippen molar-refractivity contribution in [3.8, 4) is 0 Å². The molecule has 1 aromatic rings. The Balaban J connectivity index is 2.18. The molecule has 1 fully saturated rings. The van der Waals surface area contributed by atoms with E-state index in [-0.39, 0.29) is 5.91 Å². The fourth-order valence-corrected chi connectivity index (χ4v) is 5.45. The summed E-state index contributed by atoms with van der Waals surface area (Å²) >= 11 is 0. The minimum absolute atomic E-state index is 0.142. The van der Waals surface area contributed by atoms with Crippen LogP contribution >= 0.6 is 0 Å². The van der Waals surface area contributed by atoms with Crippen LogP contribution in [0.1, 0.15) is 49.3 Å². The monoisotopic (exact) mass is 366 g/mol. The number of carbonyl (C=O) groups excluding carboxylic acids is 1. The zero-order chi connectivity index (χ0) is 18.6. The van der Waals surface area contributed by atoms with E-state index in [1.807, 2.05) is 37.8 Å². The maximum atomic E-state index is 13.2. The molecule has 0 bridgehead atoms. The molecular weight excluding hydrogens is 336 g/mol. The number of hydrogen-bond acceptors (Lipinski definition) is 3. The molecule has 140 valence electrons. The van der Waals surface area contributed by atoms with Gasteiger partial charge in [0.05, 0.1) is 4.90 Å². The lowest BCUT2D eigenvalue weighted by atomic mass is 10.1. The number of aryl methyl sites for hydroxylation is 3. The smallest absolute Gasteiger partial charge is 0.243 e. The first-order chi connectivity index (χ1) is 11.8. The number of rotatable bonds is 5. The van der Waals surface area contributed by atoms with E-state index in [0.29, 0.717) is 43.9 Å². The second-order valence-electron chi connectivity index (χ2n) is 6.97. The minimum Gasteiger partial charge on any atom is -0.341 e. The van der Waals surface area contributed by atoms with Crippen molar-refractivity contribution >= 4 is 15.9 Å². The number of hydrogen-bond donors (Lipinski definition) is 0. The molecule has 0 saturated carbocycles. The van der Waals surface area contributed by atoms with E-state index in [1.165, 1.54) is 0 Å². The van der Waals surface area contributed by atoms with Crippen molar-refractivity contribution in [1.82, 2.24) is 9.21 Å². The maximum Gasteiger partial charge on any atom is 0.243 e. The molecule has 0 aliphatic carbocycles. The molecule has 0 aromatic heterocycles. The highest BCUT2D eigenvalue weighted by atomic mass is 32.2. The average Bonchev–Trinajstić information content (AvgIpc) is 2.77. The van der Waals surface area contributed by atoms with Crippen molar-refractivity contribution < 1.29 is 13.2 Å². The van der Waals surface area contributed by atoms with E-state index >= 15 is 0 Å². The summed E-state index contributed by atoms with van der Waals surface area (Å²) in [5.41, 5.74) is 2.65. The van der Waals surface area contributed by atoms with Gasteiger partial charge in [-0.25, -0.2) is 8.42 Å². The van der Waals surface area contributed by atoms with Crippen LogP contribution in [0.15, 0.2) is 17.0 Å². The quantitative estimate of drug-likeness (QED) is 0.805. The topological polar surface area (TPSA) is 57.7 Å². The molecule has 1 saturated heterocycles. The number of benzene rings is 1. The van der Waals surface area contributed by atoms with Crippen molar-refractivity contribution in [1.29, 1.82) is 0 Å². The van der Waals surface area contributed by atoms with Gasteiger partial charge in [0.2, 0.25) is 15.9 Å². The summed E-state index contributed by atoms with van der Waals surface area (Å²) in [6.07, 6.45) is 3.12. The summed E-state index contributed by atoms with van der Waals surface area (Å²) in [7, 11) is -3.53. The lowest BCUT2D eigenvalue weighted by Gasteiger charge is -2.23. The van der Waals surface area contributed by atoms with Crippen molar-refractivity contribution in [2.24, 2.45) is 0 Å². The predicted molar refractivity (Wildman–Crippen MR) is 100 cm³/mol. The molecule has 0 atom stereocenters. The fraction of sp³-hybridized carbons (Fsp3) is 0.632. The Morgan fingerprint density at radius 3 is 2.28 bits per heavy atom. The Morgan fingerprint density at radius 2 is 1.68 bits per heavy atom. The standard InChI is InChI=1S/C19H30N2O3S/c1-5-6-8-18(22)20-9-7-10-21(12-11-20)25(23,24)19-16(3)13-15(2)14-17(19)4/h13-14H,5-12H2,1-4H3. The first-order valence-corrected chi connectivity index (χ1v) is 10.6. The Labute approximate surface area is 152 Å². The molecule has 0 N–H and O–H groups in total. The summed E-state index contributed by atoms with van der Waals surface area (Å²) in [6, 6.07) is 3.83. The highest BCUT2D eigenvalue weighted by Crippen LogP contribution is 2.26. The van der Waals surface area contributed by atoms with Gasteiger partial charge in [-0.1, -0.05) is 31.0 Å². The second-order valence-corrected chi connectivity index (χ2v) is 8.84. The largest absolute Gasteiger partial charge is 0.341 e. The van der Waals surface area contributed by atoms with E-state index in [9.17, 15) is 13.2 Å². The Bertz CT molecular complexity index is 705. The zero-order valence-electron chi connectivity index (χ0n) is 15.8. The van der Waals surface area contributed by atoms with E-state index in [2.05, 4.69) is 6.92 Å². The molecule has 1 aliphatic heterocycles. The molecule has 2 rings (SSSR count). The molecule has 1 aromatic carbocycles. The van der Waals surface area contributed by atoms with Gasteiger partial charge in [-0.05, 0) is 44.7 Å². The molecule has 25 heavy (non-hydrogen) atoms. The third-order valence-electron chi connectivity index (χ3n) is 4.75. The molecule has 5 nitrogen and oxygen atoms in total. The van der Waals surface area contributed by atoms with Gasteiger partial charge < -0.3 is 4.90 Å². The van der Waals surface area contributed by atoms with Crippen LogP contribution in [0.5, 0.6) is 0 Å². The number of amides is 1. The number of nitrogens with zero attached hydrogens (tertiary/aromatic N) is 2. The average molecular weight is 367 g/mol. The summed E-state index contributed by atoms with van der Waals surface area (Å²) in [6.45, 7) is 9.70. The van der Waals surface area contributed by atoms with Gasteiger partial charge in [-0.15, -0.1) is 0 Å². The molecule has 0 radical (unpaired) electrons. The maximum absolute atomic E-state index is 13.2. The predicted octanol–water partition coefficient (Wildman–Crippen LogP) is 3.03. The van der Waals surface area contributed by atoms with E-state index in [4.69, 9.17) is 0 Å². The molecular formula is C19H30N2O3S. The zero-order valence-corrected chi connectivity index (χ0v) is 16.7. The minimum atomic E-state index is -3.53. The number of sulfonamides is 1. The molecule has 1 amide bonds. The third kappa shape index (κ3) is 4.61. The van der Waals surface area contributed by atoms with Crippen LogP contribution in [-0.4, -0.2) is 49.7 Å². The summed E-state index contributed by atoms with van der Waals surface area (Å²) in [4.78, 5) is 14.5. The van der Waals surface area contributed by atoms with Crippen LogP contribution in [0, 0.1) is 20.8 Å². The van der Waals surface area contributed by atoms with Crippen LogP contribution in [0.25, 0.3) is 0 Å². The van der Waals surface area contributed by atoms with Crippen LogP contribution in [-0.2, 0) is 14.8 Å². The van der Waals surface area contributed by atoms with Crippen molar-refractivity contribution in [2.45, 2.75) is 58.3 Å². The SMILES string of the molecule is CCCCC(=O)N1CCCN(S(=O)(=O)c2c(C)cc(C)cc2C)CC1. The van der Waals surface area contributed by atoms with Crippen molar-refractivity contribution in [3.05, 3.63) is 28.8 Å².